The molecule has 164 valence electrons. The molecule has 1 saturated carbocycles. The number of rotatable bonds is 4. The van der Waals surface area contributed by atoms with Crippen molar-refractivity contribution in [1.82, 2.24) is 14.5 Å². The highest BCUT2D eigenvalue weighted by Crippen LogP contribution is 2.41. The predicted octanol–water partition coefficient (Wildman–Crippen LogP) is 4.79. The van der Waals surface area contributed by atoms with E-state index in [1.807, 2.05) is 11.9 Å². The van der Waals surface area contributed by atoms with E-state index in [0.717, 1.165) is 42.3 Å². The van der Waals surface area contributed by atoms with Crippen molar-refractivity contribution in [3.05, 3.63) is 27.1 Å². The van der Waals surface area contributed by atoms with Gasteiger partial charge < -0.3 is 4.90 Å². The molecular formula is C24H35N3O2S. The van der Waals surface area contributed by atoms with Gasteiger partial charge in [-0.2, -0.15) is 0 Å². The zero-order chi connectivity index (χ0) is 21.5. The second kappa shape index (κ2) is 8.45. The number of nitrogens with zero attached hydrogens (tertiary/aromatic N) is 3. The highest BCUT2D eigenvalue weighted by molar-refractivity contribution is 7.18. The molecule has 30 heavy (non-hydrogen) atoms. The van der Waals surface area contributed by atoms with Crippen LogP contribution < -0.4 is 5.56 Å². The molecule has 2 aromatic heterocycles. The molecule has 1 fully saturated rings. The standard InChI is InChI=1S/C24H35N3O2S/c1-24(2,3)16-10-11-18-19(14-16)30-22-21(18)23(29)27(15-25-22)13-12-20(28)26(4)17-8-6-5-7-9-17/h15-17H,5-14H2,1-4H3. The average Bonchev–Trinajstić information content (AvgIpc) is 3.11. The zero-order valence-electron chi connectivity index (χ0n) is 18.9. The second-order valence-corrected chi connectivity index (χ2v) is 11.4. The van der Waals surface area contributed by atoms with Gasteiger partial charge in [-0.25, -0.2) is 4.98 Å². The third kappa shape index (κ3) is 4.20. The molecule has 2 aromatic rings. The maximum absolute atomic E-state index is 13.2. The van der Waals surface area contributed by atoms with Crippen LogP contribution in [0.2, 0.25) is 0 Å². The smallest absolute Gasteiger partial charge is 0.262 e. The summed E-state index contributed by atoms with van der Waals surface area (Å²) in [7, 11) is 1.92. The fourth-order valence-corrected chi connectivity index (χ4v) is 6.42. The van der Waals surface area contributed by atoms with Crippen LogP contribution in [0.15, 0.2) is 11.1 Å². The van der Waals surface area contributed by atoms with Gasteiger partial charge in [-0.3, -0.25) is 14.2 Å². The Hall–Kier alpha value is -1.69. The third-order valence-corrected chi connectivity index (χ3v) is 8.51. The van der Waals surface area contributed by atoms with Gasteiger partial charge in [0.1, 0.15) is 4.83 Å². The van der Waals surface area contributed by atoms with Crippen LogP contribution in [0.1, 0.15) is 76.2 Å². The SMILES string of the molecule is CN(C(=O)CCn1cnc2sc3c(c2c1=O)CCC(C(C)(C)C)C3)C1CCCCC1. The lowest BCUT2D eigenvalue weighted by Crippen LogP contribution is -2.39. The normalized spacial score (nSPS) is 20.3. The summed E-state index contributed by atoms with van der Waals surface area (Å²) in [6.45, 7) is 7.33. The van der Waals surface area contributed by atoms with E-state index in [0.29, 0.717) is 24.9 Å². The fraction of sp³-hybridized carbons (Fsp3) is 0.708. The molecule has 6 heteroatoms. The van der Waals surface area contributed by atoms with E-state index in [-0.39, 0.29) is 16.9 Å². The number of carbonyl (C=O) groups is 1. The summed E-state index contributed by atoms with van der Waals surface area (Å²) in [6.07, 6.45) is 11.0. The Balaban J connectivity index is 1.50. The number of fused-ring (bicyclic) bond motifs is 3. The van der Waals surface area contributed by atoms with Crippen molar-refractivity contribution in [1.29, 1.82) is 0 Å². The quantitative estimate of drug-likeness (QED) is 0.702. The molecular weight excluding hydrogens is 394 g/mol. The molecule has 2 aliphatic carbocycles. The Kier molecular flexibility index (Phi) is 6.06. The number of thiophene rings is 1. The van der Waals surface area contributed by atoms with Gasteiger partial charge in [-0.15, -0.1) is 11.3 Å². The number of hydrogen-bond acceptors (Lipinski definition) is 4. The van der Waals surface area contributed by atoms with Crippen molar-refractivity contribution >= 4 is 27.5 Å². The second-order valence-electron chi connectivity index (χ2n) is 10.3. The van der Waals surface area contributed by atoms with Crippen molar-refractivity contribution in [3.8, 4) is 0 Å². The van der Waals surface area contributed by atoms with Gasteiger partial charge in [0.2, 0.25) is 5.91 Å². The first-order valence-electron chi connectivity index (χ1n) is 11.5. The summed E-state index contributed by atoms with van der Waals surface area (Å²) in [4.78, 5) is 34.6. The monoisotopic (exact) mass is 429 g/mol. The van der Waals surface area contributed by atoms with E-state index in [4.69, 9.17) is 0 Å². The van der Waals surface area contributed by atoms with Crippen LogP contribution in [0.25, 0.3) is 10.2 Å². The van der Waals surface area contributed by atoms with Crippen LogP contribution in [0, 0.1) is 11.3 Å². The molecule has 0 radical (unpaired) electrons. The van der Waals surface area contributed by atoms with Crippen LogP contribution in [-0.2, 0) is 24.2 Å². The molecule has 5 nitrogen and oxygen atoms in total. The van der Waals surface area contributed by atoms with Gasteiger partial charge in [0.25, 0.3) is 5.56 Å². The Morgan fingerprint density at radius 2 is 1.97 bits per heavy atom. The molecule has 2 heterocycles. The van der Waals surface area contributed by atoms with Crippen molar-refractivity contribution < 1.29 is 4.79 Å². The first-order valence-corrected chi connectivity index (χ1v) is 12.3. The molecule has 1 atom stereocenters. The molecule has 0 saturated heterocycles. The molecule has 2 aliphatic rings. The number of aryl methyl sites for hydroxylation is 2. The molecule has 1 unspecified atom stereocenters. The highest BCUT2D eigenvalue weighted by Gasteiger charge is 2.31. The number of hydrogen-bond donors (Lipinski definition) is 0. The maximum Gasteiger partial charge on any atom is 0.262 e. The largest absolute Gasteiger partial charge is 0.343 e. The zero-order valence-corrected chi connectivity index (χ0v) is 19.7. The number of aromatic nitrogens is 2. The van der Waals surface area contributed by atoms with E-state index in [2.05, 4.69) is 25.8 Å². The third-order valence-electron chi connectivity index (χ3n) is 7.34. The molecule has 4 rings (SSSR count). The van der Waals surface area contributed by atoms with E-state index in [9.17, 15) is 9.59 Å². The minimum absolute atomic E-state index is 0.0276. The van der Waals surface area contributed by atoms with Crippen LogP contribution in [-0.4, -0.2) is 33.4 Å². The first-order chi connectivity index (χ1) is 14.3. The molecule has 0 aromatic carbocycles. The Labute approximate surface area is 183 Å². The van der Waals surface area contributed by atoms with Crippen molar-refractivity contribution in [3.63, 3.8) is 0 Å². The molecule has 0 aliphatic heterocycles. The van der Waals surface area contributed by atoms with Crippen LogP contribution >= 0.6 is 11.3 Å². The summed E-state index contributed by atoms with van der Waals surface area (Å²) in [5, 5.41) is 0.804. The van der Waals surface area contributed by atoms with Crippen molar-refractivity contribution in [2.45, 2.75) is 91.1 Å². The van der Waals surface area contributed by atoms with Gasteiger partial charge in [0.15, 0.2) is 0 Å². The molecule has 1 amide bonds. The lowest BCUT2D eigenvalue weighted by atomic mass is 9.72. The minimum Gasteiger partial charge on any atom is -0.343 e. The van der Waals surface area contributed by atoms with Crippen molar-refractivity contribution in [2.75, 3.05) is 7.05 Å². The van der Waals surface area contributed by atoms with E-state index >= 15 is 0 Å². The Bertz CT molecular complexity index is 979. The maximum atomic E-state index is 13.2. The van der Waals surface area contributed by atoms with Gasteiger partial charge in [0, 0.05) is 30.9 Å². The van der Waals surface area contributed by atoms with E-state index in [1.165, 1.54) is 29.7 Å². The number of carbonyl (C=O) groups excluding carboxylic acids is 1. The van der Waals surface area contributed by atoms with Gasteiger partial charge >= 0.3 is 0 Å². The summed E-state index contributed by atoms with van der Waals surface area (Å²) in [5.74, 6) is 0.780. The average molecular weight is 430 g/mol. The lowest BCUT2D eigenvalue weighted by Gasteiger charge is -2.33. The van der Waals surface area contributed by atoms with Crippen LogP contribution in [0.4, 0.5) is 0 Å². The summed E-state index contributed by atoms with van der Waals surface area (Å²) < 4.78 is 1.65. The first kappa shape index (κ1) is 21.5. The van der Waals surface area contributed by atoms with Gasteiger partial charge in [-0.1, -0.05) is 40.0 Å². The molecule has 0 bridgehead atoms. The summed E-state index contributed by atoms with van der Waals surface area (Å²) in [5.41, 5.74) is 1.53. The minimum atomic E-state index is 0.0276. The highest BCUT2D eigenvalue weighted by atomic mass is 32.1. The van der Waals surface area contributed by atoms with E-state index in [1.54, 1.807) is 22.2 Å². The summed E-state index contributed by atoms with van der Waals surface area (Å²) in [6, 6.07) is 0.364. The Morgan fingerprint density at radius 1 is 1.23 bits per heavy atom. The lowest BCUT2D eigenvalue weighted by molar-refractivity contribution is -0.132. The molecule has 0 spiro atoms. The van der Waals surface area contributed by atoms with Gasteiger partial charge in [0.05, 0.1) is 11.7 Å². The molecule has 0 N–H and O–H groups in total. The van der Waals surface area contributed by atoms with Crippen LogP contribution in [0.3, 0.4) is 0 Å². The predicted molar refractivity (Wildman–Crippen MR) is 123 cm³/mol. The fourth-order valence-electron chi connectivity index (χ4n) is 5.16. The van der Waals surface area contributed by atoms with Crippen LogP contribution in [0.5, 0.6) is 0 Å². The number of amides is 1. The van der Waals surface area contributed by atoms with Crippen molar-refractivity contribution in [2.24, 2.45) is 11.3 Å². The summed E-state index contributed by atoms with van der Waals surface area (Å²) >= 11 is 1.69. The topological polar surface area (TPSA) is 55.2 Å². The van der Waals surface area contributed by atoms with Gasteiger partial charge in [-0.05, 0) is 49.0 Å². The Morgan fingerprint density at radius 3 is 2.67 bits per heavy atom. The van der Waals surface area contributed by atoms with E-state index < -0.39 is 0 Å².